The highest BCUT2D eigenvalue weighted by Crippen LogP contribution is 2.17. The molecule has 1 unspecified atom stereocenters. The number of carboxylic acid groups (broad SMARTS) is 2. The van der Waals surface area contributed by atoms with E-state index in [1.165, 1.54) is 49.1 Å². The first kappa shape index (κ1) is 62.8. The molecule has 2 fully saturated rings. The molecule has 12 N–H and O–H groups in total. The maximum Gasteiger partial charge on any atom is 0.324 e. The number of hydrogen-bond donors (Lipinski definition) is 8. The third kappa shape index (κ3) is 39.6. The van der Waals surface area contributed by atoms with Gasteiger partial charge < -0.3 is 43.2 Å². The first-order valence-corrected chi connectivity index (χ1v) is 23.6. The first-order valence-electron chi connectivity index (χ1n) is 17.8. The monoisotopic (exact) mass is 979 g/mol. The Labute approximate surface area is 366 Å². The number of carboxylic acids is 2. The maximum absolute atomic E-state index is 11.5. The van der Waals surface area contributed by atoms with E-state index in [0.29, 0.717) is 48.5 Å². The summed E-state index contributed by atoms with van der Waals surface area (Å²) in [6.07, 6.45) is 2.09. The van der Waals surface area contributed by atoms with Crippen molar-refractivity contribution in [2.45, 2.75) is 77.1 Å². The number of nitrogens with zero attached hydrogens (tertiary/aromatic N) is 1. The lowest BCUT2D eigenvalue weighted by Gasteiger charge is -2.19. The van der Waals surface area contributed by atoms with E-state index in [-0.39, 0.29) is 35.8 Å². The van der Waals surface area contributed by atoms with Gasteiger partial charge in [0.2, 0.25) is 0 Å². The Hall–Kier alpha value is -1.80. The van der Waals surface area contributed by atoms with E-state index in [4.69, 9.17) is 33.1 Å². The second-order valence-electron chi connectivity index (χ2n) is 12.8. The highest BCUT2D eigenvalue weighted by molar-refractivity contribution is 9.09. The SMILES string of the molecule is CC(N)=NCCSC[C@](C)(N)C(=O)O.CCCSCC(=O)CF.CCCSC[C@]1(C)NC(=O)NC1=O.C[C@](N)(CSCCN)C(=O)O.FCC1CO1.O=C(CF)CBr. The number of nitrogens with two attached hydrogens (primary N) is 4. The molecule has 24 heteroatoms. The van der Waals surface area contributed by atoms with E-state index in [1.807, 2.05) is 6.92 Å². The van der Waals surface area contributed by atoms with Crippen LogP contribution in [0.3, 0.4) is 0 Å². The van der Waals surface area contributed by atoms with Gasteiger partial charge in [-0.2, -0.15) is 47.0 Å². The Bertz CT molecular complexity index is 1210. The summed E-state index contributed by atoms with van der Waals surface area (Å²) in [4.78, 5) is 67.2. The number of nitrogens with one attached hydrogen (secondary N) is 2. The van der Waals surface area contributed by atoms with E-state index in [2.05, 4.69) is 43.2 Å². The zero-order valence-electron chi connectivity index (χ0n) is 34.3. The molecule has 58 heavy (non-hydrogen) atoms. The molecule has 0 saturated carbocycles. The Balaban J connectivity index is -0.000000311. The van der Waals surface area contributed by atoms with Crippen molar-refractivity contribution in [3.05, 3.63) is 0 Å². The largest absolute Gasteiger partial charge is 0.480 e. The summed E-state index contributed by atoms with van der Waals surface area (Å²) in [5.41, 5.74) is 18.5. The van der Waals surface area contributed by atoms with Crippen molar-refractivity contribution in [1.29, 1.82) is 0 Å². The zero-order chi connectivity index (χ0) is 45.8. The minimum atomic E-state index is -1.16. The summed E-state index contributed by atoms with van der Waals surface area (Å²) >= 11 is 8.88. The lowest BCUT2D eigenvalue weighted by Crippen LogP contribution is -2.47. The van der Waals surface area contributed by atoms with Crippen molar-refractivity contribution in [3.63, 3.8) is 0 Å². The smallest absolute Gasteiger partial charge is 0.324 e. The summed E-state index contributed by atoms with van der Waals surface area (Å²) < 4.78 is 38.0. The fraction of sp³-hybridized carbons (Fsp3) is 0.794. The van der Waals surface area contributed by atoms with E-state index in [0.717, 1.165) is 35.9 Å². The van der Waals surface area contributed by atoms with Gasteiger partial charge in [-0.3, -0.25) is 34.3 Å². The molecule has 2 aliphatic heterocycles. The van der Waals surface area contributed by atoms with Crippen LogP contribution >= 0.6 is 63.0 Å². The molecule has 0 bridgehead atoms. The number of ketones is 2. The third-order valence-corrected chi connectivity index (χ3v) is 12.1. The van der Waals surface area contributed by atoms with Gasteiger partial charge in [0, 0.05) is 41.9 Å². The van der Waals surface area contributed by atoms with E-state index in [9.17, 15) is 41.9 Å². The molecule has 2 heterocycles. The predicted molar refractivity (Wildman–Crippen MR) is 238 cm³/mol. The number of carbonyl (C=O) groups excluding carboxylic acids is 4. The van der Waals surface area contributed by atoms with Crippen LogP contribution in [-0.4, -0.2) is 165 Å². The number of amides is 3. The lowest BCUT2D eigenvalue weighted by atomic mass is 10.1. The van der Waals surface area contributed by atoms with Crippen LogP contribution in [0.25, 0.3) is 0 Å². The number of imide groups is 1. The number of carbonyl (C=O) groups is 6. The number of alkyl halides is 4. The number of Topliss-reactive ketones (excluding diaryl/α,β-unsaturated/α-hetero) is 2. The summed E-state index contributed by atoms with van der Waals surface area (Å²) in [5, 5.41) is 22.3. The quantitative estimate of drug-likeness (QED) is 0.0182. The number of aliphatic carboxylic acids is 2. The van der Waals surface area contributed by atoms with Crippen molar-refractivity contribution in [1.82, 2.24) is 10.6 Å². The van der Waals surface area contributed by atoms with Crippen LogP contribution in [-0.2, 0) is 28.7 Å². The topological polar surface area (TPSA) is 296 Å². The normalized spacial score (nSPS) is 18.4. The van der Waals surface area contributed by atoms with Gasteiger partial charge in [-0.25, -0.2) is 18.0 Å². The van der Waals surface area contributed by atoms with Gasteiger partial charge in [0.25, 0.3) is 5.91 Å². The number of halogens is 4. The van der Waals surface area contributed by atoms with Gasteiger partial charge in [0.1, 0.15) is 42.7 Å². The predicted octanol–water partition coefficient (Wildman–Crippen LogP) is 3.05. The number of amidine groups is 1. The summed E-state index contributed by atoms with van der Waals surface area (Å²) in [5.74, 6) is 2.86. The second-order valence-corrected chi connectivity index (χ2v) is 17.8. The van der Waals surface area contributed by atoms with Gasteiger partial charge in [0.15, 0.2) is 11.6 Å². The van der Waals surface area contributed by atoms with Crippen molar-refractivity contribution < 1.29 is 56.9 Å². The molecule has 342 valence electrons. The van der Waals surface area contributed by atoms with Crippen molar-refractivity contribution in [3.8, 4) is 0 Å². The highest BCUT2D eigenvalue weighted by Gasteiger charge is 2.41. The fourth-order valence-electron chi connectivity index (χ4n) is 2.73. The number of thioether (sulfide) groups is 4. The van der Waals surface area contributed by atoms with Crippen LogP contribution in [0.15, 0.2) is 4.99 Å². The molecule has 0 spiro atoms. The van der Waals surface area contributed by atoms with E-state index in [1.54, 1.807) is 25.6 Å². The molecule has 0 aromatic rings. The number of hydrogen-bond acceptors (Lipinski definition) is 15. The van der Waals surface area contributed by atoms with Crippen LogP contribution in [0.4, 0.5) is 18.0 Å². The number of aliphatic imine (C=N–C) groups is 1. The fourth-order valence-corrected chi connectivity index (χ4v) is 6.43. The van der Waals surface area contributed by atoms with Crippen molar-refractivity contribution in [2.75, 3.05) is 91.1 Å². The van der Waals surface area contributed by atoms with Crippen molar-refractivity contribution in [2.24, 2.45) is 27.9 Å². The molecule has 0 aromatic carbocycles. The van der Waals surface area contributed by atoms with E-state index < -0.39 is 47.7 Å². The maximum atomic E-state index is 11.5. The Morgan fingerprint density at radius 2 is 1.40 bits per heavy atom. The average molecular weight is 981 g/mol. The van der Waals surface area contributed by atoms with Crippen molar-refractivity contribution >= 4 is 104 Å². The van der Waals surface area contributed by atoms with Gasteiger partial charge in [-0.15, -0.1) is 0 Å². The molecule has 0 aliphatic carbocycles. The molecule has 16 nitrogen and oxygen atoms in total. The number of ether oxygens (including phenoxy) is 1. The van der Waals surface area contributed by atoms with Crippen LogP contribution in [0.1, 0.15) is 54.4 Å². The zero-order valence-corrected chi connectivity index (χ0v) is 39.1. The summed E-state index contributed by atoms with van der Waals surface area (Å²) in [6, 6.07) is -0.385. The first-order chi connectivity index (χ1) is 27.0. The summed E-state index contributed by atoms with van der Waals surface area (Å²) in [7, 11) is 0. The van der Waals surface area contributed by atoms with Gasteiger partial charge >= 0.3 is 18.0 Å². The lowest BCUT2D eigenvalue weighted by molar-refractivity contribution is -0.142. The second kappa shape index (κ2) is 38.1. The van der Waals surface area contributed by atoms with Gasteiger partial charge in [-0.05, 0) is 52.0 Å². The minimum Gasteiger partial charge on any atom is -0.480 e. The third-order valence-electron chi connectivity index (χ3n) is 6.13. The minimum absolute atomic E-state index is 0.0324. The molecule has 2 aliphatic rings. The molecular weight excluding hydrogens is 916 g/mol. The Morgan fingerprint density at radius 1 is 0.914 bits per heavy atom. The molecule has 4 atom stereocenters. The summed E-state index contributed by atoms with van der Waals surface area (Å²) in [6.45, 7) is 10.4. The molecular formula is C34H65BrF3N7O9S4. The average Bonchev–Trinajstić information content (AvgIpc) is 3.96. The number of urea groups is 1. The number of epoxide rings is 1. The van der Waals surface area contributed by atoms with E-state index >= 15 is 0 Å². The molecule has 2 rings (SSSR count). The van der Waals surface area contributed by atoms with Crippen LogP contribution in [0.2, 0.25) is 0 Å². The molecule has 0 radical (unpaired) electrons. The van der Waals surface area contributed by atoms with Crippen LogP contribution < -0.4 is 33.6 Å². The Morgan fingerprint density at radius 3 is 1.71 bits per heavy atom. The number of rotatable bonds is 23. The van der Waals surface area contributed by atoms with Gasteiger partial charge in [-0.1, -0.05) is 29.8 Å². The van der Waals surface area contributed by atoms with Crippen LogP contribution in [0, 0.1) is 0 Å². The highest BCUT2D eigenvalue weighted by atomic mass is 79.9. The molecule has 2 saturated heterocycles. The Kier molecular flexibility index (Phi) is 41.3. The molecule has 3 amide bonds. The standard InChI is InChI=1S/C8H17N3O2S.C8H14N2O2S.C6H11FOS.C6H14N2O2S.C3H4BrFO.C3H5FO/c1-6(9)11-3-4-14-5-8(2,10)7(12)13;1-3-4-13-5-8(2)6(11)9-7(12)10-8;1-2-3-9-5-6(8)4-7;1-6(8,5(9)10)4-11-3-2-7;4-1-3(6)2-5;4-1-3-2-5-3/h3-5,10H2,1-2H3,(H2,9,11)(H,12,13);3-5H2,1-2H3,(H2,9,10,11,12);2-5H2,1H3;2-4,7-8H2,1H3,(H,9,10);1-2H2;3H,1-2H2/t2*8-;;6-;;/m00.0../s1. The van der Waals surface area contributed by atoms with Gasteiger partial charge in [0.05, 0.1) is 23.5 Å². The van der Waals surface area contributed by atoms with Crippen LogP contribution in [0.5, 0.6) is 0 Å². The molecule has 0 aromatic heterocycles.